The lowest BCUT2D eigenvalue weighted by Crippen LogP contribution is -2.32. The fraction of sp³-hybridized carbons (Fsp3) is 0.643. The number of nitrogens with one attached hydrogen (secondary N) is 1. The molecule has 2 N–H and O–H groups in total. The van der Waals surface area contributed by atoms with Gasteiger partial charge in [-0.1, -0.05) is 0 Å². The maximum absolute atomic E-state index is 9.78. The maximum Gasteiger partial charge on any atom is 0.0897 e. The molecule has 1 heterocycles. The van der Waals surface area contributed by atoms with Crippen LogP contribution in [0.1, 0.15) is 31.4 Å². The zero-order valence-electron chi connectivity index (χ0n) is 10.9. The van der Waals surface area contributed by atoms with Gasteiger partial charge in [0.05, 0.1) is 12.7 Å². The van der Waals surface area contributed by atoms with Gasteiger partial charge in [-0.3, -0.25) is 4.98 Å². The van der Waals surface area contributed by atoms with Crippen LogP contribution in [0.2, 0.25) is 0 Å². The molecule has 2 rings (SSSR count). The second-order valence-corrected chi connectivity index (χ2v) is 5.05. The Labute approximate surface area is 108 Å². The largest absolute Gasteiger partial charge is 0.389 e. The van der Waals surface area contributed by atoms with Crippen LogP contribution < -0.4 is 5.32 Å². The van der Waals surface area contributed by atoms with E-state index >= 15 is 0 Å². The summed E-state index contributed by atoms with van der Waals surface area (Å²) >= 11 is 0. The summed E-state index contributed by atoms with van der Waals surface area (Å²) in [4.78, 5) is 3.99. The normalized spacial score (nSPS) is 18.6. The number of hydrogen-bond acceptors (Lipinski definition) is 4. The van der Waals surface area contributed by atoms with Crippen molar-refractivity contribution < 1.29 is 9.84 Å². The number of aliphatic hydroxyl groups excluding tert-OH is 1. The average molecular weight is 250 g/mol. The van der Waals surface area contributed by atoms with Gasteiger partial charge in [-0.15, -0.1) is 0 Å². The molecule has 0 saturated heterocycles. The Balaban J connectivity index is 1.60. The highest BCUT2D eigenvalue weighted by Gasteiger charge is 2.21. The number of pyridine rings is 1. The Hall–Kier alpha value is -0.970. The van der Waals surface area contributed by atoms with Gasteiger partial charge in [0, 0.05) is 31.6 Å². The summed E-state index contributed by atoms with van der Waals surface area (Å²) in [5, 5.41) is 13.1. The van der Waals surface area contributed by atoms with E-state index in [4.69, 9.17) is 4.74 Å². The van der Waals surface area contributed by atoms with Gasteiger partial charge < -0.3 is 15.2 Å². The van der Waals surface area contributed by atoms with E-state index in [2.05, 4.69) is 17.2 Å². The highest BCUT2D eigenvalue weighted by Crippen LogP contribution is 2.28. The molecule has 1 aliphatic rings. The smallest absolute Gasteiger partial charge is 0.0897 e. The van der Waals surface area contributed by atoms with Crippen LogP contribution in [0.3, 0.4) is 0 Å². The fourth-order valence-electron chi connectivity index (χ4n) is 1.80. The zero-order chi connectivity index (χ0) is 12.8. The molecule has 1 saturated carbocycles. The van der Waals surface area contributed by atoms with E-state index in [0.29, 0.717) is 13.2 Å². The molecule has 4 nitrogen and oxygen atoms in total. The van der Waals surface area contributed by atoms with Crippen molar-refractivity contribution in [2.45, 2.75) is 31.9 Å². The molecule has 2 unspecified atom stereocenters. The summed E-state index contributed by atoms with van der Waals surface area (Å²) in [5.74, 6) is 0.751. The molecule has 4 heteroatoms. The Morgan fingerprint density at radius 3 is 2.83 bits per heavy atom. The van der Waals surface area contributed by atoms with Crippen molar-refractivity contribution in [2.75, 3.05) is 19.8 Å². The van der Waals surface area contributed by atoms with Crippen molar-refractivity contribution in [1.29, 1.82) is 0 Å². The van der Waals surface area contributed by atoms with Crippen molar-refractivity contribution in [1.82, 2.24) is 10.3 Å². The molecule has 0 bridgehead atoms. The Bertz CT molecular complexity index is 341. The summed E-state index contributed by atoms with van der Waals surface area (Å²) in [7, 11) is 0. The van der Waals surface area contributed by atoms with Crippen molar-refractivity contribution >= 4 is 0 Å². The third-order valence-electron chi connectivity index (χ3n) is 3.23. The van der Waals surface area contributed by atoms with E-state index in [1.165, 1.54) is 18.4 Å². The highest BCUT2D eigenvalue weighted by atomic mass is 16.5. The second kappa shape index (κ2) is 6.83. The third-order valence-corrected chi connectivity index (χ3v) is 3.23. The molecule has 1 aliphatic carbocycles. The molecule has 2 atom stereocenters. The molecule has 0 spiro atoms. The predicted octanol–water partition coefficient (Wildman–Crippen LogP) is 1.52. The fourth-order valence-corrected chi connectivity index (χ4v) is 1.80. The molecular formula is C14H22N2O2. The van der Waals surface area contributed by atoms with Crippen LogP contribution in [-0.4, -0.2) is 36.0 Å². The summed E-state index contributed by atoms with van der Waals surface area (Å²) in [5.41, 5.74) is 1.18. The van der Waals surface area contributed by atoms with E-state index in [1.54, 1.807) is 12.4 Å². The van der Waals surface area contributed by atoms with Gasteiger partial charge in [0.15, 0.2) is 0 Å². The van der Waals surface area contributed by atoms with Crippen LogP contribution in [0.5, 0.6) is 0 Å². The number of rotatable bonds is 8. The van der Waals surface area contributed by atoms with Gasteiger partial charge >= 0.3 is 0 Å². The first-order valence-electron chi connectivity index (χ1n) is 6.65. The average Bonchev–Trinajstić information content (AvgIpc) is 3.21. The van der Waals surface area contributed by atoms with Crippen molar-refractivity contribution in [2.24, 2.45) is 5.92 Å². The molecular weight excluding hydrogens is 228 g/mol. The van der Waals surface area contributed by atoms with Gasteiger partial charge in [-0.25, -0.2) is 0 Å². The number of aromatic nitrogens is 1. The standard InChI is InChI=1S/C14H22N2O2/c1-11(13-4-6-15-7-5-13)16-8-14(17)10-18-9-12-2-3-12/h4-7,11-12,14,16-17H,2-3,8-10H2,1H3. The number of nitrogens with zero attached hydrogens (tertiary/aromatic N) is 1. The highest BCUT2D eigenvalue weighted by molar-refractivity contribution is 5.13. The summed E-state index contributed by atoms with van der Waals surface area (Å²) < 4.78 is 5.46. The van der Waals surface area contributed by atoms with Crippen LogP contribution in [0, 0.1) is 5.92 Å². The molecule has 1 fully saturated rings. The van der Waals surface area contributed by atoms with Gasteiger partial charge in [0.25, 0.3) is 0 Å². The van der Waals surface area contributed by atoms with Crippen LogP contribution in [-0.2, 0) is 4.74 Å². The Morgan fingerprint density at radius 1 is 1.44 bits per heavy atom. The van der Waals surface area contributed by atoms with Crippen LogP contribution in [0.25, 0.3) is 0 Å². The quantitative estimate of drug-likeness (QED) is 0.734. The summed E-state index contributed by atoms with van der Waals surface area (Å²) in [6, 6.07) is 4.17. The van der Waals surface area contributed by atoms with E-state index in [1.807, 2.05) is 12.1 Å². The van der Waals surface area contributed by atoms with Crippen molar-refractivity contribution in [3.05, 3.63) is 30.1 Å². The summed E-state index contributed by atoms with van der Waals surface area (Å²) in [6.07, 6.45) is 5.69. The van der Waals surface area contributed by atoms with E-state index in [-0.39, 0.29) is 6.04 Å². The zero-order valence-corrected chi connectivity index (χ0v) is 10.9. The molecule has 0 amide bonds. The molecule has 0 aliphatic heterocycles. The molecule has 100 valence electrons. The second-order valence-electron chi connectivity index (χ2n) is 5.05. The van der Waals surface area contributed by atoms with Crippen LogP contribution in [0.4, 0.5) is 0 Å². The first-order chi connectivity index (χ1) is 8.75. The minimum absolute atomic E-state index is 0.214. The molecule has 0 radical (unpaired) electrons. The topological polar surface area (TPSA) is 54.4 Å². The van der Waals surface area contributed by atoms with E-state index in [9.17, 15) is 5.11 Å². The van der Waals surface area contributed by atoms with Gasteiger partial charge in [-0.05, 0) is 43.4 Å². The van der Waals surface area contributed by atoms with Crippen LogP contribution >= 0.6 is 0 Å². The van der Waals surface area contributed by atoms with Gasteiger partial charge in [0.1, 0.15) is 0 Å². The SMILES string of the molecule is CC(NCC(O)COCC1CC1)c1ccncc1. The molecule has 1 aromatic heterocycles. The first kappa shape index (κ1) is 13.5. The number of hydrogen-bond donors (Lipinski definition) is 2. The summed E-state index contributed by atoms with van der Waals surface area (Å²) in [6.45, 7) is 3.85. The predicted molar refractivity (Wildman–Crippen MR) is 70.2 cm³/mol. The first-order valence-corrected chi connectivity index (χ1v) is 6.65. The maximum atomic E-state index is 9.78. The monoisotopic (exact) mass is 250 g/mol. The van der Waals surface area contributed by atoms with E-state index < -0.39 is 6.10 Å². The Kier molecular flexibility index (Phi) is 5.11. The number of ether oxygens (including phenoxy) is 1. The van der Waals surface area contributed by atoms with Crippen molar-refractivity contribution in [3.8, 4) is 0 Å². The number of aliphatic hydroxyl groups is 1. The van der Waals surface area contributed by atoms with Crippen LogP contribution in [0.15, 0.2) is 24.5 Å². The lowest BCUT2D eigenvalue weighted by molar-refractivity contribution is 0.0315. The molecule has 1 aromatic rings. The lowest BCUT2D eigenvalue weighted by Gasteiger charge is -2.17. The lowest BCUT2D eigenvalue weighted by atomic mass is 10.1. The van der Waals surface area contributed by atoms with Crippen molar-refractivity contribution in [3.63, 3.8) is 0 Å². The Morgan fingerprint density at radius 2 is 2.17 bits per heavy atom. The third kappa shape index (κ3) is 4.72. The van der Waals surface area contributed by atoms with Gasteiger partial charge in [-0.2, -0.15) is 0 Å². The minimum atomic E-state index is -0.437. The minimum Gasteiger partial charge on any atom is -0.389 e. The van der Waals surface area contributed by atoms with Gasteiger partial charge in [0.2, 0.25) is 0 Å². The molecule has 18 heavy (non-hydrogen) atoms. The molecule has 0 aromatic carbocycles. The van der Waals surface area contributed by atoms with E-state index in [0.717, 1.165) is 12.5 Å².